The Bertz CT molecular complexity index is 2240. The average molecular weight is 929 g/mol. The molecule has 4 bridgehead atoms. The number of hydrogen-bond acceptors (Lipinski definition) is 14. The van der Waals surface area contributed by atoms with Crippen molar-refractivity contribution in [1.29, 1.82) is 0 Å². The maximum absolute atomic E-state index is 13.1. The van der Waals surface area contributed by atoms with Gasteiger partial charge in [0, 0.05) is 23.0 Å². The number of carbonyl (C=O) groups is 4. The van der Waals surface area contributed by atoms with E-state index in [1.54, 1.807) is 97.1 Å². The van der Waals surface area contributed by atoms with Gasteiger partial charge in [-0.2, -0.15) is 23.5 Å². The quantitative estimate of drug-likeness (QED) is 0.105. The number of hydrogen-bond donors (Lipinski definition) is 0. The van der Waals surface area contributed by atoms with Crippen LogP contribution in [0, 0.1) is 0 Å². The lowest BCUT2D eigenvalue weighted by atomic mass is 10.1. The fourth-order valence-corrected chi connectivity index (χ4v) is 7.81. The number of rotatable bonds is 0. The summed E-state index contributed by atoms with van der Waals surface area (Å²) in [7, 11) is 0. The van der Waals surface area contributed by atoms with Gasteiger partial charge in [-0.25, -0.2) is 19.2 Å². The summed E-state index contributed by atoms with van der Waals surface area (Å²) in [5.74, 6) is 1.49. The summed E-state index contributed by atoms with van der Waals surface area (Å²) in [5.41, 5.74) is 4.61. The summed E-state index contributed by atoms with van der Waals surface area (Å²) in [4.78, 5) is 52.4. The van der Waals surface area contributed by atoms with Crippen LogP contribution in [0.3, 0.4) is 0 Å². The molecule has 1 aliphatic heterocycles. The van der Waals surface area contributed by atoms with E-state index >= 15 is 0 Å². The molecule has 0 saturated heterocycles. The summed E-state index contributed by atoms with van der Waals surface area (Å²) in [6.07, 6.45) is 0. The van der Waals surface area contributed by atoms with Crippen LogP contribution in [-0.4, -0.2) is 73.3 Å². The molecule has 12 nitrogen and oxygen atoms in total. The highest BCUT2D eigenvalue weighted by atomic mass is 32.2. The minimum Gasteiger partial charge on any atom is -0.488 e. The van der Waals surface area contributed by atoms with Crippen molar-refractivity contribution in [2.24, 2.45) is 0 Å². The van der Waals surface area contributed by atoms with Crippen molar-refractivity contribution in [3.05, 3.63) is 190 Å². The molecule has 7 rings (SSSR count). The second-order valence-electron chi connectivity index (χ2n) is 14.5. The third-order valence-electron chi connectivity index (χ3n) is 9.83. The lowest BCUT2D eigenvalue weighted by molar-refractivity contribution is 0.0510. The van der Waals surface area contributed by atoms with Gasteiger partial charge in [-0.3, -0.25) is 0 Å². The molecular formula is C52H48O12S2. The van der Waals surface area contributed by atoms with E-state index in [0.717, 1.165) is 22.3 Å². The van der Waals surface area contributed by atoms with E-state index < -0.39 is 23.9 Å². The van der Waals surface area contributed by atoms with Crippen LogP contribution in [0.1, 0.15) is 63.7 Å². The summed E-state index contributed by atoms with van der Waals surface area (Å²) in [5, 5.41) is 0. The van der Waals surface area contributed by atoms with Crippen molar-refractivity contribution < 1.29 is 57.1 Å². The topological polar surface area (TPSA) is 142 Å². The normalized spacial score (nSPS) is 15.5. The molecule has 0 amide bonds. The second kappa shape index (κ2) is 25.0. The van der Waals surface area contributed by atoms with Gasteiger partial charge in [-0.15, -0.1) is 0 Å². The van der Waals surface area contributed by atoms with Crippen molar-refractivity contribution >= 4 is 47.4 Å². The van der Waals surface area contributed by atoms with Gasteiger partial charge < -0.3 is 37.9 Å². The third-order valence-corrected chi connectivity index (χ3v) is 11.7. The molecule has 6 aromatic rings. The minimum absolute atomic E-state index is 0.152. The molecular weight excluding hydrogens is 881 g/mol. The summed E-state index contributed by atoms with van der Waals surface area (Å²) >= 11 is 2.97. The number of thioether (sulfide) groups is 2. The number of fused-ring (bicyclic) bond motifs is 8. The molecule has 0 saturated carbocycles. The van der Waals surface area contributed by atoms with Crippen molar-refractivity contribution in [2.75, 3.05) is 49.4 Å². The molecule has 0 unspecified atom stereocenters. The number of cyclic esters (lactones) is 4. The van der Waals surface area contributed by atoms with E-state index in [2.05, 4.69) is 0 Å². The van der Waals surface area contributed by atoms with Crippen LogP contribution in [0.4, 0.5) is 0 Å². The lowest BCUT2D eigenvalue weighted by Gasteiger charge is -2.14. The number of benzene rings is 6. The molecule has 0 atom stereocenters. The van der Waals surface area contributed by atoms with Crippen LogP contribution in [0.15, 0.2) is 146 Å². The third kappa shape index (κ3) is 14.0. The first-order valence-corrected chi connectivity index (χ1v) is 23.6. The van der Waals surface area contributed by atoms with Crippen molar-refractivity contribution in [1.82, 2.24) is 0 Å². The molecule has 0 radical (unpaired) electrons. The van der Waals surface area contributed by atoms with Crippen molar-refractivity contribution in [2.45, 2.75) is 26.4 Å². The average Bonchev–Trinajstić information content (AvgIpc) is 3.35. The minimum atomic E-state index is -0.509. The molecule has 0 spiro atoms. The van der Waals surface area contributed by atoms with Gasteiger partial charge in [0.1, 0.15) is 98.1 Å². The SMILES string of the molecule is O=C1OCCSCCOC(=O)c2ccccc2OCc2cccc(c2)COc2ccccc2C(=O)OCCSCCOC(=O)c2ccccc2OCc2cccc(c2)COc2ccccc21. The monoisotopic (exact) mass is 928 g/mol. The Kier molecular flexibility index (Phi) is 17.8. The van der Waals surface area contributed by atoms with Gasteiger partial charge in [0.05, 0.1) is 0 Å². The molecule has 1 aliphatic rings. The first-order valence-electron chi connectivity index (χ1n) is 21.3. The largest absolute Gasteiger partial charge is 0.488 e. The molecule has 1 heterocycles. The Balaban J connectivity index is 0.990. The zero-order valence-corrected chi connectivity index (χ0v) is 37.7. The summed E-state index contributed by atoms with van der Waals surface area (Å²) in [6.45, 7) is 1.35. The fourth-order valence-electron chi connectivity index (χ4n) is 6.60. The highest BCUT2D eigenvalue weighted by Gasteiger charge is 2.18. The number of carbonyl (C=O) groups excluding carboxylic acids is 4. The predicted octanol–water partition coefficient (Wildman–Crippen LogP) is 9.81. The van der Waals surface area contributed by atoms with Crippen LogP contribution in [-0.2, 0) is 45.4 Å². The van der Waals surface area contributed by atoms with E-state index in [1.165, 1.54) is 23.5 Å². The lowest BCUT2D eigenvalue weighted by Crippen LogP contribution is -2.12. The zero-order chi connectivity index (χ0) is 45.8. The van der Waals surface area contributed by atoms with Crippen LogP contribution in [0.2, 0.25) is 0 Å². The van der Waals surface area contributed by atoms with E-state index in [4.69, 9.17) is 37.9 Å². The maximum atomic E-state index is 13.1. The highest BCUT2D eigenvalue weighted by molar-refractivity contribution is 7.99. The highest BCUT2D eigenvalue weighted by Crippen LogP contribution is 2.26. The van der Waals surface area contributed by atoms with Crippen LogP contribution in [0.25, 0.3) is 0 Å². The number of ether oxygens (including phenoxy) is 8. The van der Waals surface area contributed by atoms with Crippen molar-refractivity contribution in [3.8, 4) is 23.0 Å². The Hall–Kier alpha value is -6.90. The van der Waals surface area contributed by atoms with Gasteiger partial charge >= 0.3 is 23.9 Å². The van der Waals surface area contributed by atoms with Gasteiger partial charge in [0.25, 0.3) is 0 Å². The van der Waals surface area contributed by atoms with Gasteiger partial charge in [0.15, 0.2) is 0 Å². The molecule has 6 aromatic carbocycles. The maximum Gasteiger partial charge on any atom is 0.341 e. The predicted molar refractivity (Wildman–Crippen MR) is 252 cm³/mol. The summed E-state index contributed by atoms with van der Waals surface area (Å²) in [6, 6.07) is 42.9. The zero-order valence-electron chi connectivity index (χ0n) is 36.1. The van der Waals surface area contributed by atoms with Crippen LogP contribution >= 0.6 is 23.5 Å². The van der Waals surface area contributed by atoms with E-state index in [1.807, 2.05) is 48.5 Å². The molecule has 0 N–H and O–H groups in total. The molecule has 0 aliphatic carbocycles. The molecule has 66 heavy (non-hydrogen) atoms. The molecule has 340 valence electrons. The first kappa shape index (κ1) is 47.1. The Morgan fingerprint density at radius 1 is 0.288 bits per heavy atom. The Morgan fingerprint density at radius 2 is 0.530 bits per heavy atom. The van der Waals surface area contributed by atoms with Crippen molar-refractivity contribution in [3.63, 3.8) is 0 Å². The molecule has 0 fully saturated rings. The summed E-state index contributed by atoms with van der Waals surface area (Å²) < 4.78 is 46.6. The van der Waals surface area contributed by atoms with E-state index in [0.29, 0.717) is 68.3 Å². The molecule has 0 aromatic heterocycles. The fraction of sp³-hybridized carbons (Fsp3) is 0.231. The van der Waals surface area contributed by atoms with Crippen LogP contribution < -0.4 is 18.9 Å². The standard InChI is InChI=1S/C52H48O12S2/c53-49-41-15-1-5-19-45(41)61-33-37-11-9-12-38(31-37)34-62-46-20-6-2-16-42(46)51(55)59-25-29-66-30-26-60-52(56)44-18-4-8-22-48(44)64-36-40-14-10-13-39(32-40)35-63-47-21-7-3-17-43(47)50(54)58-24-28-65-27-23-57-49/h1-22,31-32H,23-30,33-36H2. The van der Waals surface area contributed by atoms with Gasteiger partial charge in [-0.1, -0.05) is 84.9 Å². The van der Waals surface area contributed by atoms with E-state index in [-0.39, 0.29) is 52.9 Å². The van der Waals surface area contributed by atoms with Crippen LogP contribution in [0.5, 0.6) is 23.0 Å². The smallest absolute Gasteiger partial charge is 0.341 e. The number of para-hydroxylation sites is 4. The first-order chi connectivity index (χ1) is 32.4. The van der Waals surface area contributed by atoms with E-state index in [9.17, 15) is 19.2 Å². The Morgan fingerprint density at radius 3 is 0.788 bits per heavy atom. The van der Waals surface area contributed by atoms with Gasteiger partial charge in [0.2, 0.25) is 0 Å². The number of esters is 4. The second-order valence-corrected chi connectivity index (χ2v) is 17.0. The van der Waals surface area contributed by atoms with Gasteiger partial charge in [-0.05, 0) is 82.9 Å². The Labute approximate surface area is 391 Å². The molecule has 14 heteroatoms.